The summed E-state index contributed by atoms with van der Waals surface area (Å²) < 4.78 is 1.61. The summed E-state index contributed by atoms with van der Waals surface area (Å²) in [6, 6.07) is 7.32. The monoisotopic (exact) mass is 325 g/mol. The molecule has 0 bridgehead atoms. The number of benzene rings is 1. The first-order valence-electron chi connectivity index (χ1n) is 5.96. The van der Waals surface area contributed by atoms with Crippen molar-refractivity contribution < 1.29 is 0 Å². The van der Waals surface area contributed by atoms with Gasteiger partial charge in [0.25, 0.3) is 0 Å². The molecule has 0 atom stereocenters. The van der Waals surface area contributed by atoms with Gasteiger partial charge in [-0.05, 0) is 31.5 Å². The van der Waals surface area contributed by atoms with Crippen LogP contribution in [0.4, 0.5) is 0 Å². The number of hydrogen-bond acceptors (Lipinski definition) is 2. The first kappa shape index (κ1) is 13.7. The Morgan fingerprint density at radius 3 is 2.55 bits per heavy atom. The van der Waals surface area contributed by atoms with Crippen molar-refractivity contribution in [3.63, 3.8) is 0 Å². The van der Waals surface area contributed by atoms with Crippen LogP contribution in [0.3, 0.4) is 0 Å². The molecule has 20 heavy (non-hydrogen) atoms. The highest BCUT2D eigenvalue weighted by Crippen LogP contribution is 2.35. The van der Waals surface area contributed by atoms with E-state index in [1.54, 1.807) is 16.6 Å². The zero-order valence-corrected chi connectivity index (χ0v) is 13.1. The van der Waals surface area contributed by atoms with Crippen LogP contribution in [0.2, 0.25) is 15.3 Å². The Bertz CT molecular complexity index is 824. The third kappa shape index (κ3) is 2.06. The molecule has 0 unspecified atom stereocenters. The Labute approximate surface area is 131 Å². The maximum Gasteiger partial charge on any atom is 0.161 e. The van der Waals surface area contributed by atoms with Crippen molar-refractivity contribution in [2.24, 2.45) is 0 Å². The number of rotatable bonds is 1. The largest absolute Gasteiger partial charge is 0.216 e. The molecule has 0 saturated carbocycles. The molecule has 6 heteroatoms. The number of aromatic nitrogens is 3. The Morgan fingerprint density at radius 1 is 1.10 bits per heavy atom. The SMILES string of the molecule is Cc1nn2c(Cl)c(-c3cccc(Cl)c3)c(Cl)nc2c1C. The Kier molecular flexibility index (Phi) is 3.36. The topological polar surface area (TPSA) is 30.2 Å². The molecule has 0 amide bonds. The molecule has 3 rings (SSSR count). The minimum atomic E-state index is 0.341. The Morgan fingerprint density at radius 2 is 1.85 bits per heavy atom. The molecule has 102 valence electrons. The van der Waals surface area contributed by atoms with E-state index in [-0.39, 0.29) is 0 Å². The van der Waals surface area contributed by atoms with Crippen LogP contribution in [0.15, 0.2) is 24.3 Å². The summed E-state index contributed by atoms with van der Waals surface area (Å²) in [5.74, 6) is 0. The second-order valence-corrected chi connectivity index (χ2v) is 5.68. The van der Waals surface area contributed by atoms with Gasteiger partial charge in [0, 0.05) is 10.6 Å². The fraction of sp³-hybridized carbons (Fsp3) is 0.143. The highest BCUT2D eigenvalue weighted by atomic mass is 35.5. The predicted molar refractivity (Wildman–Crippen MR) is 82.9 cm³/mol. The van der Waals surface area contributed by atoms with Gasteiger partial charge < -0.3 is 0 Å². The molecule has 0 radical (unpaired) electrons. The summed E-state index contributed by atoms with van der Waals surface area (Å²) in [6.07, 6.45) is 0. The van der Waals surface area contributed by atoms with Gasteiger partial charge in [-0.3, -0.25) is 0 Å². The van der Waals surface area contributed by atoms with Crippen molar-refractivity contribution in [3.05, 3.63) is 50.9 Å². The number of hydrogen-bond donors (Lipinski definition) is 0. The van der Waals surface area contributed by atoms with Crippen LogP contribution >= 0.6 is 34.8 Å². The van der Waals surface area contributed by atoms with E-state index in [0.717, 1.165) is 16.8 Å². The van der Waals surface area contributed by atoms with Crippen LogP contribution in [0, 0.1) is 13.8 Å². The number of halogens is 3. The van der Waals surface area contributed by atoms with Crippen molar-refractivity contribution in [2.75, 3.05) is 0 Å². The van der Waals surface area contributed by atoms with Gasteiger partial charge in [0.1, 0.15) is 10.3 Å². The van der Waals surface area contributed by atoms with Crippen molar-refractivity contribution in [3.8, 4) is 11.1 Å². The Balaban J connectivity index is 2.37. The fourth-order valence-electron chi connectivity index (χ4n) is 2.08. The molecular weight excluding hydrogens is 317 g/mol. The summed E-state index contributed by atoms with van der Waals surface area (Å²) in [4.78, 5) is 4.40. The van der Waals surface area contributed by atoms with Gasteiger partial charge in [-0.2, -0.15) is 5.10 Å². The number of nitrogens with zero attached hydrogens (tertiary/aromatic N) is 3. The molecule has 2 aromatic heterocycles. The molecular formula is C14H10Cl3N3. The maximum atomic E-state index is 6.45. The maximum absolute atomic E-state index is 6.45. The molecule has 1 aromatic carbocycles. The highest BCUT2D eigenvalue weighted by Gasteiger charge is 2.18. The van der Waals surface area contributed by atoms with Gasteiger partial charge in [0.05, 0.1) is 11.3 Å². The van der Waals surface area contributed by atoms with Crippen molar-refractivity contribution >= 4 is 40.4 Å². The summed E-state index contributed by atoms with van der Waals surface area (Å²) in [5.41, 5.74) is 3.95. The van der Waals surface area contributed by atoms with E-state index < -0.39 is 0 Å². The van der Waals surface area contributed by atoms with Gasteiger partial charge in [-0.15, -0.1) is 0 Å². The van der Waals surface area contributed by atoms with Gasteiger partial charge in [-0.1, -0.05) is 46.9 Å². The van der Waals surface area contributed by atoms with Crippen LogP contribution in [0.1, 0.15) is 11.3 Å². The minimum absolute atomic E-state index is 0.341. The molecule has 0 N–H and O–H groups in total. The third-order valence-corrected chi connectivity index (χ3v) is 4.10. The smallest absolute Gasteiger partial charge is 0.161 e. The quantitative estimate of drug-likeness (QED) is 0.591. The van der Waals surface area contributed by atoms with Crippen LogP contribution in [-0.2, 0) is 0 Å². The first-order valence-corrected chi connectivity index (χ1v) is 7.09. The van der Waals surface area contributed by atoms with E-state index in [1.807, 2.05) is 26.0 Å². The van der Waals surface area contributed by atoms with Crippen molar-refractivity contribution in [1.82, 2.24) is 14.6 Å². The lowest BCUT2D eigenvalue weighted by Crippen LogP contribution is -1.97. The van der Waals surface area contributed by atoms with E-state index in [9.17, 15) is 0 Å². The third-order valence-electron chi connectivity index (χ3n) is 3.24. The van der Waals surface area contributed by atoms with Crippen molar-refractivity contribution in [1.29, 1.82) is 0 Å². The van der Waals surface area contributed by atoms with Crippen LogP contribution in [-0.4, -0.2) is 14.6 Å². The molecule has 2 heterocycles. The fourth-order valence-corrected chi connectivity index (χ4v) is 2.92. The standard InChI is InChI=1S/C14H10Cl3N3/c1-7-8(2)19-20-13(17)11(12(16)18-14(7)20)9-4-3-5-10(15)6-9/h3-6H,1-2H3. The number of fused-ring (bicyclic) bond motifs is 1. The van der Waals surface area contributed by atoms with E-state index in [4.69, 9.17) is 34.8 Å². The van der Waals surface area contributed by atoms with E-state index in [1.165, 1.54) is 0 Å². The lowest BCUT2D eigenvalue weighted by molar-refractivity contribution is 0.919. The van der Waals surface area contributed by atoms with Gasteiger partial charge in [0.2, 0.25) is 0 Å². The van der Waals surface area contributed by atoms with Gasteiger partial charge in [-0.25, -0.2) is 9.50 Å². The lowest BCUT2D eigenvalue weighted by atomic mass is 10.1. The molecule has 0 aliphatic carbocycles. The molecule has 0 aliphatic rings. The predicted octanol–water partition coefficient (Wildman–Crippen LogP) is 4.97. The summed E-state index contributed by atoms with van der Waals surface area (Å²) in [7, 11) is 0. The first-order chi connectivity index (χ1) is 9.49. The zero-order valence-electron chi connectivity index (χ0n) is 10.8. The van der Waals surface area contributed by atoms with Gasteiger partial charge >= 0.3 is 0 Å². The van der Waals surface area contributed by atoms with E-state index >= 15 is 0 Å². The summed E-state index contributed by atoms with van der Waals surface area (Å²) >= 11 is 18.8. The normalized spacial score (nSPS) is 11.2. The van der Waals surface area contributed by atoms with E-state index in [0.29, 0.717) is 26.5 Å². The molecule has 0 aliphatic heterocycles. The molecule has 3 nitrogen and oxygen atoms in total. The Hall–Kier alpha value is -1.29. The highest BCUT2D eigenvalue weighted by molar-refractivity contribution is 6.38. The molecule has 0 fully saturated rings. The van der Waals surface area contributed by atoms with Gasteiger partial charge in [0.15, 0.2) is 5.65 Å². The second-order valence-electron chi connectivity index (χ2n) is 4.52. The molecule has 3 aromatic rings. The second kappa shape index (κ2) is 4.92. The van der Waals surface area contributed by atoms with Crippen LogP contribution < -0.4 is 0 Å². The molecule has 0 spiro atoms. The lowest BCUT2D eigenvalue weighted by Gasteiger charge is -2.09. The average molecular weight is 327 g/mol. The van der Waals surface area contributed by atoms with E-state index in [2.05, 4.69) is 10.1 Å². The summed E-state index contributed by atoms with van der Waals surface area (Å²) in [5, 5.41) is 5.78. The van der Waals surface area contributed by atoms with Crippen LogP contribution in [0.25, 0.3) is 16.8 Å². The average Bonchev–Trinajstić information content (AvgIpc) is 2.67. The zero-order chi connectivity index (χ0) is 14.4. The van der Waals surface area contributed by atoms with Crippen molar-refractivity contribution in [2.45, 2.75) is 13.8 Å². The minimum Gasteiger partial charge on any atom is -0.216 e. The van der Waals surface area contributed by atoms with Crippen LogP contribution in [0.5, 0.6) is 0 Å². The number of aryl methyl sites for hydroxylation is 2. The molecule has 0 saturated heterocycles. The summed E-state index contributed by atoms with van der Waals surface area (Å²) in [6.45, 7) is 3.85.